The van der Waals surface area contributed by atoms with E-state index < -0.39 is 0 Å². The first-order valence-electron chi connectivity index (χ1n) is 5.97. The molecule has 0 atom stereocenters. The summed E-state index contributed by atoms with van der Waals surface area (Å²) < 4.78 is 5.20. The third kappa shape index (κ3) is 4.08. The molecule has 0 unspecified atom stereocenters. The summed E-state index contributed by atoms with van der Waals surface area (Å²) in [6.07, 6.45) is 1.67. The summed E-state index contributed by atoms with van der Waals surface area (Å²) in [5.41, 5.74) is 1.09. The third-order valence-corrected chi connectivity index (χ3v) is 3.09. The van der Waals surface area contributed by atoms with E-state index in [1.807, 2.05) is 30.3 Å². The van der Waals surface area contributed by atoms with E-state index in [9.17, 15) is 0 Å². The molecule has 0 aliphatic rings. The van der Waals surface area contributed by atoms with E-state index in [4.69, 9.17) is 28.6 Å². The quantitative estimate of drug-likeness (QED) is 0.849. The molecule has 2 rings (SSSR count). The summed E-state index contributed by atoms with van der Waals surface area (Å²) in [4.78, 5) is 4.18. The lowest BCUT2D eigenvalue weighted by Crippen LogP contribution is -2.28. The summed E-state index contributed by atoms with van der Waals surface area (Å²) in [5.74, 6) is 1.23. The number of anilines is 1. The third-order valence-electron chi connectivity index (χ3n) is 2.59. The highest BCUT2D eigenvalue weighted by atomic mass is 35.5. The van der Waals surface area contributed by atoms with Crippen LogP contribution < -0.4 is 15.4 Å². The zero-order valence-electron chi connectivity index (χ0n) is 10.9. The highest BCUT2D eigenvalue weighted by Crippen LogP contribution is 2.19. The molecule has 1 heterocycles. The first-order chi connectivity index (χ1) is 9.69. The van der Waals surface area contributed by atoms with Crippen molar-refractivity contribution in [1.82, 2.24) is 10.3 Å². The van der Waals surface area contributed by atoms with Gasteiger partial charge in [-0.1, -0.05) is 23.7 Å². The number of ether oxygens (including phenoxy) is 1. The van der Waals surface area contributed by atoms with Crippen LogP contribution in [0.15, 0.2) is 42.6 Å². The van der Waals surface area contributed by atoms with E-state index in [0.717, 1.165) is 5.56 Å². The van der Waals surface area contributed by atoms with Gasteiger partial charge < -0.3 is 15.4 Å². The minimum Gasteiger partial charge on any atom is -0.493 e. The van der Waals surface area contributed by atoms with Crippen LogP contribution in [-0.4, -0.2) is 17.2 Å². The first-order valence-corrected chi connectivity index (χ1v) is 6.76. The second kappa shape index (κ2) is 7.07. The molecule has 104 valence electrons. The molecule has 0 fully saturated rings. The number of hydrogen-bond acceptors (Lipinski definition) is 3. The lowest BCUT2D eigenvalue weighted by atomic mass is 10.2. The van der Waals surface area contributed by atoms with Crippen LogP contribution in [0.1, 0.15) is 5.56 Å². The maximum Gasteiger partial charge on any atom is 0.174 e. The van der Waals surface area contributed by atoms with E-state index in [-0.39, 0.29) is 0 Å². The Labute approximate surface area is 128 Å². The molecule has 2 N–H and O–H groups in total. The van der Waals surface area contributed by atoms with Crippen LogP contribution in [0.5, 0.6) is 5.75 Å². The van der Waals surface area contributed by atoms with Crippen molar-refractivity contribution in [3.63, 3.8) is 0 Å². The Bertz CT molecular complexity index is 589. The summed E-state index contributed by atoms with van der Waals surface area (Å²) >= 11 is 11.1. The van der Waals surface area contributed by atoms with Gasteiger partial charge >= 0.3 is 0 Å². The highest BCUT2D eigenvalue weighted by molar-refractivity contribution is 7.80. The van der Waals surface area contributed by atoms with Crippen molar-refractivity contribution in [2.75, 3.05) is 12.4 Å². The Morgan fingerprint density at radius 3 is 2.75 bits per heavy atom. The van der Waals surface area contributed by atoms with Crippen molar-refractivity contribution < 1.29 is 4.74 Å². The monoisotopic (exact) mass is 307 g/mol. The molecule has 0 aliphatic carbocycles. The fourth-order valence-corrected chi connectivity index (χ4v) is 1.88. The molecule has 0 aliphatic heterocycles. The Morgan fingerprint density at radius 2 is 2.05 bits per heavy atom. The maximum atomic E-state index is 5.83. The van der Waals surface area contributed by atoms with Crippen LogP contribution >= 0.6 is 23.8 Å². The summed E-state index contributed by atoms with van der Waals surface area (Å²) in [6, 6.07) is 11.2. The number of pyridine rings is 1. The van der Waals surface area contributed by atoms with Crippen molar-refractivity contribution in [2.45, 2.75) is 6.54 Å². The molecule has 4 nitrogen and oxygen atoms in total. The Hall–Kier alpha value is -1.85. The second-order valence-corrected chi connectivity index (χ2v) is 4.83. The topological polar surface area (TPSA) is 46.2 Å². The molecular formula is C14H14ClN3OS. The second-order valence-electron chi connectivity index (χ2n) is 3.99. The van der Waals surface area contributed by atoms with Gasteiger partial charge in [0.15, 0.2) is 16.7 Å². The number of methoxy groups -OCH3 is 1. The van der Waals surface area contributed by atoms with E-state index in [1.165, 1.54) is 0 Å². The van der Waals surface area contributed by atoms with Gasteiger partial charge in [0, 0.05) is 17.8 Å². The van der Waals surface area contributed by atoms with Crippen molar-refractivity contribution in [1.29, 1.82) is 0 Å². The van der Waals surface area contributed by atoms with Crippen molar-refractivity contribution in [3.8, 4) is 5.75 Å². The fourth-order valence-electron chi connectivity index (χ4n) is 1.59. The number of rotatable bonds is 4. The van der Waals surface area contributed by atoms with Crippen molar-refractivity contribution >= 4 is 34.7 Å². The molecule has 0 spiro atoms. The van der Waals surface area contributed by atoms with Gasteiger partial charge in [0.25, 0.3) is 0 Å². The first kappa shape index (κ1) is 14.6. The molecular weight excluding hydrogens is 294 g/mol. The predicted octanol–water partition coefficient (Wildman–Crippen LogP) is 3.23. The van der Waals surface area contributed by atoms with Crippen LogP contribution in [0, 0.1) is 0 Å². The van der Waals surface area contributed by atoms with Gasteiger partial charge in [0.05, 0.1) is 7.11 Å². The smallest absolute Gasteiger partial charge is 0.174 e. The number of halogens is 1. The largest absolute Gasteiger partial charge is 0.493 e. The molecule has 1 aromatic heterocycles. The van der Waals surface area contributed by atoms with Crippen LogP contribution in [0.2, 0.25) is 5.02 Å². The number of thiocarbonyl (C=S) groups is 1. The van der Waals surface area contributed by atoms with Crippen molar-refractivity contribution in [2.24, 2.45) is 0 Å². The average molecular weight is 308 g/mol. The molecule has 1 aromatic carbocycles. The molecule has 6 heteroatoms. The number of nitrogens with one attached hydrogen (secondary N) is 2. The molecule has 2 aromatic rings. The van der Waals surface area contributed by atoms with Gasteiger partial charge in [-0.15, -0.1) is 0 Å². The molecule has 20 heavy (non-hydrogen) atoms. The number of nitrogens with zero attached hydrogens (tertiary/aromatic N) is 1. The lowest BCUT2D eigenvalue weighted by Gasteiger charge is -2.12. The van der Waals surface area contributed by atoms with E-state index in [0.29, 0.717) is 28.2 Å². The highest BCUT2D eigenvalue weighted by Gasteiger charge is 2.05. The van der Waals surface area contributed by atoms with Crippen LogP contribution in [0.4, 0.5) is 5.82 Å². The van der Waals surface area contributed by atoms with E-state index >= 15 is 0 Å². The summed E-state index contributed by atoms with van der Waals surface area (Å²) in [6.45, 7) is 0.609. The van der Waals surface area contributed by atoms with E-state index in [1.54, 1.807) is 19.4 Å². The zero-order valence-corrected chi connectivity index (χ0v) is 12.5. The Morgan fingerprint density at radius 1 is 1.30 bits per heavy atom. The standard InChI is InChI=1S/C14H14ClN3OS/c1-19-12-3-2-8-16-13(12)18-14(20)17-9-10-4-6-11(15)7-5-10/h2-8H,9H2,1H3,(H2,16,17,18,20). The zero-order chi connectivity index (χ0) is 14.4. The Balaban J connectivity index is 1.91. The average Bonchev–Trinajstić information content (AvgIpc) is 2.47. The van der Waals surface area contributed by atoms with Gasteiger partial charge in [-0.3, -0.25) is 0 Å². The molecule has 0 saturated heterocycles. The molecule has 0 saturated carbocycles. The normalized spacial score (nSPS) is 9.90. The van der Waals surface area contributed by atoms with Crippen LogP contribution in [0.3, 0.4) is 0 Å². The molecule has 0 radical (unpaired) electrons. The van der Waals surface area contributed by atoms with Gasteiger partial charge in [-0.25, -0.2) is 4.98 Å². The lowest BCUT2D eigenvalue weighted by molar-refractivity contribution is 0.415. The van der Waals surface area contributed by atoms with Gasteiger partial charge in [0.1, 0.15) is 0 Å². The fraction of sp³-hybridized carbons (Fsp3) is 0.143. The summed E-state index contributed by atoms with van der Waals surface area (Å²) in [5, 5.41) is 7.30. The SMILES string of the molecule is COc1cccnc1NC(=S)NCc1ccc(Cl)cc1. The van der Waals surface area contributed by atoms with E-state index in [2.05, 4.69) is 15.6 Å². The molecule has 0 bridgehead atoms. The van der Waals surface area contributed by atoms with Gasteiger partial charge in [-0.2, -0.15) is 0 Å². The van der Waals surface area contributed by atoms with Crippen molar-refractivity contribution in [3.05, 3.63) is 53.2 Å². The van der Waals surface area contributed by atoms with Gasteiger partial charge in [-0.05, 0) is 42.0 Å². The minimum atomic E-state index is 0.483. The van der Waals surface area contributed by atoms with Crippen LogP contribution in [-0.2, 0) is 6.54 Å². The molecule has 0 amide bonds. The predicted molar refractivity (Wildman–Crippen MR) is 85.3 cm³/mol. The van der Waals surface area contributed by atoms with Crippen LogP contribution in [0.25, 0.3) is 0 Å². The minimum absolute atomic E-state index is 0.483. The number of benzene rings is 1. The number of aromatic nitrogens is 1. The summed E-state index contributed by atoms with van der Waals surface area (Å²) in [7, 11) is 1.59. The number of hydrogen-bond donors (Lipinski definition) is 2. The van der Waals surface area contributed by atoms with Gasteiger partial charge in [0.2, 0.25) is 0 Å². The Kier molecular flexibility index (Phi) is 5.15. The maximum absolute atomic E-state index is 5.83.